The number of likely N-dealkylation sites (tertiary alicyclic amines) is 1. The quantitative estimate of drug-likeness (QED) is 0.869. The van der Waals surface area contributed by atoms with Crippen LogP contribution in [0.25, 0.3) is 0 Å². The van der Waals surface area contributed by atoms with Gasteiger partial charge in [-0.2, -0.15) is 0 Å². The molecule has 22 heavy (non-hydrogen) atoms. The van der Waals surface area contributed by atoms with Crippen molar-refractivity contribution in [3.63, 3.8) is 0 Å². The normalized spacial score (nSPS) is 35.9. The van der Waals surface area contributed by atoms with Crippen molar-refractivity contribution in [1.82, 2.24) is 4.90 Å². The number of carbonyl (C=O) groups excluding carboxylic acids is 1. The van der Waals surface area contributed by atoms with Gasteiger partial charge in [0.1, 0.15) is 5.60 Å². The summed E-state index contributed by atoms with van der Waals surface area (Å²) in [6.45, 7) is 7.04. The Morgan fingerprint density at radius 3 is 2.64 bits per heavy atom. The van der Waals surface area contributed by atoms with Gasteiger partial charge in [-0.05, 0) is 70.6 Å². The Morgan fingerprint density at radius 1 is 1.27 bits per heavy atom. The van der Waals surface area contributed by atoms with E-state index in [-0.39, 0.29) is 18.1 Å². The predicted octanol–water partition coefficient (Wildman–Crippen LogP) is 3.43. The lowest BCUT2D eigenvalue weighted by molar-refractivity contribution is 0.0255. The molecule has 2 saturated carbocycles. The molecule has 2 bridgehead atoms. The Bertz CT molecular complexity index is 417. The van der Waals surface area contributed by atoms with E-state index in [9.17, 15) is 9.90 Å². The Kier molecular flexibility index (Phi) is 4.41. The summed E-state index contributed by atoms with van der Waals surface area (Å²) >= 11 is 0. The number of rotatable bonds is 3. The highest BCUT2D eigenvalue weighted by Gasteiger charge is 2.42. The van der Waals surface area contributed by atoms with E-state index in [1.807, 2.05) is 20.8 Å². The van der Waals surface area contributed by atoms with Gasteiger partial charge in [-0.3, -0.25) is 0 Å². The third-order valence-corrected chi connectivity index (χ3v) is 5.85. The van der Waals surface area contributed by atoms with Crippen LogP contribution in [0.15, 0.2) is 0 Å². The fourth-order valence-electron chi connectivity index (χ4n) is 4.76. The molecular weight excluding hydrogens is 278 g/mol. The number of nitrogens with zero attached hydrogens (tertiary/aromatic N) is 1. The average molecular weight is 309 g/mol. The Balaban J connectivity index is 1.46. The van der Waals surface area contributed by atoms with Crippen LogP contribution in [0.3, 0.4) is 0 Å². The van der Waals surface area contributed by atoms with Gasteiger partial charge >= 0.3 is 6.09 Å². The summed E-state index contributed by atoms with van der Waals surface area (Å²) in [6, 6.07) is 0. The molecule has 3 fully saturated rings. The number of fused-ring (bicyclic) bond motifs is 2. The molecule has 4 nitrogen and oxygen atoms in total. The third-order valence-electron chi connectivity index (χ3n) is 5.85. The molecule has 1 heterocycles. The second kappa shape index (κ2) is 6.03. The maximum Gasteiger partial charge on any atom is 0.410 e. The monoisotopic (exact) mass is 309 g/mol. The molecule has 0 aromatic heterocycles. The fraction of sp³-hybridized carbons (Fsp3) is 0.944. The summed E-state index contributed by atoms with van der Waals surface area (Å²) in [6.07, 6.45) is 6.86. The van der Waals surface area contributed by atoms with Crippen LogP contribution in [0.5, 0.6) is 0 Å². The topological polar surface area (TPSA) is 49.8 Å². The summed E-state index contributed by atoms with van der Waals surface area (Å²) < 4.78 is 5.43. The number of carbonyl (C=O) groups is 1. The first-order chi connectivity index (χ1) is 10.3. The summed E-state index contributed by atoms with van der Waals surface area (Å²) in [4.78, 5) is 13.9. The van der Waals surface area contributed by atoms with Gasteiger partial charge in [-0.15, -0.1) is 0 Å². The zero-order valence-corrected chi connectivity index (χ0v) is 14.3. The molecule has 4 heteroatoms. The maximum absolute atomic E-state index is 12.1. The minimum absolute atomic E-state index is 0.228. The minimum Gasteiger partial charge on any atom is -0.444 e. The first-order valence-corrected chi connectivity index (χ1v) is 8.98. The summed E-state index contributed by atoms with van der Waals surface area (Å²) in [5.41, 5.74) is -0.448. The van der Waals surface area contributed by atoms with Crippen molar-refractivity contribution < 1.29 is 14.6 Å². The van der Waals surface area contributed by atoms with Gasteiger partial charge < -0.3 is 14.7 Å². The smallest absolute Gasteiger partial charge is 0.410 e. The number of ether oxygens (including phenoxy) is 1. The lowest BCUT2D eigenvalue weighted by atomic mass is 9.82. The van der Waals surface area contributed by atoms with Gasteiger partial charge in [-0.25, -0.2) is 4.79 Å². The summed E-state index contributed by atoms with van der Waals surface area (Å²) in [7, 11) is 0. The molecule has 0 aromatic carbocycles. The van der Waals surface area contributed by atoms with Crippen LogP contribution in [0, 0.1) is 23.7 Å². The molecule has 0 radical (unpaired) electrons. The number of hydrogen-bond donors (Lipinski definition) is 1. The fourth-order valence-corrected chi connectivity index (χ4v) is 4.76. The van der Waals surface area contributed by atoms with Crippen LogP contribution in [-0.2, 0) is 4.74 Å². The lowest BCUT2D eigenvalue weighted by Gasteiger charge is -2.27. The van der Waals surface area contributed by atoms with Gasteiger partial charge in [0.2, 0.25) is 0 Å². The molecule has 3 rings (SSSR count). The van der Waals surface area contributed by atoms with E-state index in [2.05, 4.69) is 0 Å². The van der Waals surface area contributed by atoms with E-state index in [0.717, 1.165) is 30.6 Å². The highest BCUT2D eigenvalue weighted by atomic mass is 16.6. The van der Waals surface area contributed by atoms with Gasteiger partial charge in [0.25, 0.3) is 0 Å². The zero-order chi connectivity index (χ0) is 15.9. The van der Waals surface area contributed by atoms with Gasteiger partial charge in [0.15, 0.2) is 0 Å². The second-order valence-corrected chi connectivity index (χ2v) is 8.71. The van der Waals surface area contributed by atoms with Gasteiger partial charge in [0, 0.05) is 19.0 Å². The van der Waals surface area contributed by atoms with Gasteiger partial charge in [0.05, 0.1) is 6.10 Å². The SMILES string of the molecule is CC(C)(C)OC(=O)N1CCC(C(O)CC2CC3CCC2C3)C1. The highest BCUT2D eigenvalue weighted by molar-refractivity contribution is 5.68. The van der Waals surface area contributed by atoms with Crippen molar-refractivity contribution in [2.24, 2.45) is 23.7 Å². The van der Waals surface area contributed by atoms with E-state index in [1.165, 1.54) is 25.7 Å². The maximum atomic E-state index is 12.1. The van der Waals surface area contributed by atoms with E-state index in [1.54, 1.807) is 4.90 Å². The summed E-state index contributed by atoms with van der Waals surface area (Å²) in [5, 5.41) is 10.6. The molecule has 0 aromatic rings. The average Bonchev–Trinajstić information content (AvgIpc) is 3.12. The zero-order valence-electron chi connectivity index (χ0n) is 14.3. The van der Waals surface area contributed by atoms with Crippen LogP contribution < -0.4 is 0 Å². The van der Waals surface area contributed by atoms with Crippen LogP contribution >= 0.6 is 0 Å². The third kappa shape index (κ3) is 3.58. The van der Waals surface area contributed by atoms with Crippen molar-refractivity contribution >= 4 is 6.09 Å². The predicted molar refractivity (Wildman–Crippen MR) is 85.5 cm³/mol. The van der Waals surface area contributed by atoms with Crippen molar-refractivity contribution in [2.45, 2.75) is 71.0 Å². The van der Waals surface area contributed by atoms with Crippen molar-refractivity contribution in [2.75, 3.05) is 13.1 Å². The Morgan fingerprint density at radius 2 is 2.05 bits per heavy atom. The highest BCUT2D eigenvalue weighted by Crippen LogP contribution is 2.50. The summed E-state index contributed by atoms with van der Waals surface area (Å²) in [5.74, 6) is 2.75. The number of aliphatic hydroxyl groups is 1. The molecule has 1 saturated heterocycles. The molecule has 5 atom stereocenters. The van der Waals surface area contributed by atoms with Crippen molar-refractivity contribution in [3.8, 4) is 0 Å². The molecule has 2 aliphatic carbocycles. The van der Waals surface area contributed by atoms with E-state index in [0.29, 0.717) is 13.1 Å². The van der Waals surface area contributed by atoms with E-state index in [4.69, 9.17) is 4.74 Å². The molecule has 1 amide bonds. The molecule has 3 aliphatic rings. The molecular formula is C18H31NO3. The van der Waals surface area contributed by atoms with Crippen molar-refractivity contribution in [3.05, 3.63) is 0 Å². The van der Waals surface area contributed by atoms with E-state index >= 15 is 0 Å². The van der Waals surface area contributed by atoms with Crippen LogP contribution in [0.1, 0.15) is 59.3 Å². The second-order valence-electron chi connectivity index (χ2n) is 8.71. The van der Waals surface area contributed by atoms with Crippen LogP contribution in [-0.4, -0.2) is 40.9 Å². The number of amides is 1. The Hall–Kier alpha value is -0.770. The first-order valence-electron chi connectivity index (χ1n) is 8.98. The largest absolute Gasteiger partial charge is 0.444 e. The molecule has 126 valence electrons. The first kappa shape index (κ1) is 16.1. The van der Waals surface area contributed by atoms with Crippen LogP contribution in [0.4, 0.5) is 4.79 Å². The van der Waals surface area contributed by atoms with E-state index < -0.39 is 5.60 Å². The lowest BCUT2D eigenvalue weighted by Crippen LogP contribution is -2.36. The molecule has 0 spiro atoms. The molecule has 1 aliphatic heterocycles. The van der Waals surface area contributed by atoms with Gasteiger partial charge in [-0.1, -0.05) is 6.42 Å². The minimum atomic E-state index is -0.448. The molecule has 5 unspecified atom stereocenters. The number of hydrogen-bond acceptors (Lipinski definition) is 3. The van der Waals surface area contributed by atoms with Crippen LogP contribution in [0.2, 0.25) is 0 Å². The standard InChI is InChI=1S/C18H31NO3/c1-18(2,3)22-17(21)19-7-6-14(11-19)16(20)10-15-9-12-4-5-13(15)8-12/h12-16,20H,4-11H2,1-3H3. The number of aliphatic hydroxyl groups excluding tert-OH is 1. The van der Waals surface area contributed by atoms with Crippen molar-refractivity contribution in [1.29, 1.82) is 0 Å². The molecule has 1 N–H and O–H groups in total. The Labute approximate surface area is 134 Å².